The van der Waals surface area contributed by atoms with Crippen LogP contribution in [0.5, 0.6) is 5.75 Å². The second-order valence-electron chi connectivity index (χ2n) is 10.4. The SMILES string of the molecule is CCc1cc2c3c([nH]c2cc1S(=O)(=O)N1CCN(c2cccc(OC)c2)CC1)CC(C)(C)CC3=O. The van der Waals surface area contributed by atoms with Gasteiger partial charge in [-0.25, -0.2) is 8.42 Å². The number of hydrogen-bond acceptors (Lipinski definition) is 5. The third kappa shape index (κ3) is 4.23. The van der Waals surface area contributed by atoms with Crippen LogP contribution < -0.4 is 9.64 Å². The molecule has 2 heterocycles. The van der Waals surface area contributed by atoms with Crippen molar-refractivity contribution in [1.82, 2.24) is 9.29 Å². The number of aromatic amines is 1. The maximum atomic E-state index is 13.8. The molecule has 5 rings (SSSR count). The Bertz CT molecular complexity index is 1400. The van der Waals surface area contributed by atoms with Gasteiger partial charge in [0.25, 0.3) is 0 Å². The highest BCUT2D eigenvalue weighted by molar-refractivity contribution is 7.89. The molecule has 0 spiro atoms. The number of Topliss-reactive ketones (excluding diaryl/α,β-unsaturated/α-hetero) is 1. The number of sulfonamides is 1. The molecule has 1 aliphatic heterocycles. The Balaban J connectivity index is 1.45. The number of H-pyrrole nitrogens is 1. The molecule has 2 aliphatic rings. The van der Waals surface area contributed by atoms with Crippen molar-refractivity contribution in [2.75, 3.05) is 38.2 Å². The number of ketones is 1. The molecule has 1 aliphatic carbocycles. The lowest BCUT2D eigenvalue weighted by molar-refractivity contribution is 0.0913. The lowest BCUT2D eigenvalue weighted by atomic mass is 9.76. The molecule has 2 aromatic carbocycles. The number of aromatic nitrogens is 1. The smallest absolute Gasteiger partial charge is 0.243 e. The van der Waals surface area contributed by atoms with Gasteiger partial charge in [-0.05, 0) is 48.1 Å². The number of fused-ring (bicyclic) bond motifs is 3. The monoisotopic (exact) mass is 495 g/mol. The molecule has 0 saturated carbocycles. The van der Waals surface area contributed by atoms with Crippen LogP contribution in [0.25, 0.3) is 10.9 Å². The molecule has 35 heavy (non-hydrogen) atoms. The van der Waals surface area contributed by atoms with Crippen molar-refractivity contribution in [1.29, 1.82) is 0 Å². The summed E-state index contributed by atoms with van der Waals surface area (Å²) in [6.45, 7) is 8.19. The standard InChI is InChI=1S/C27H33N3O4S/c1-5-18-13-21-22(28-23-16-27(2,3)17-24(31)26(21)23)15-25(18)35(32,33)30-11-9-29(10-12-30)19-7-6-8-20(14-19)34-4/h6-8,13-15,28H,5,9-12,16-17H2,1-4H3. The molecule has 1 fully saturated rings. The molecular weight excluding hydrogens is 462 g/mol. The van der Waals surface area contributed by atoms with Crippen LogP contribution in [0.15, 0.2) is 41.3 Å². The molecule has 0 radical (unpaired) electrons. The van der Waals surface area contributed by atoms with Crippen molar-refractivity contribution in [2.45, 2.75) is 44.9 Å². The normalized spacial score (nSPS) is 18.6. The number of aryl methyl sites for hydroxylation is 1. The Morgan fingerprint density at radius 1 is 1.06 bits per heavy atom. The van der Waals surface area contributed by atoms with Gasteiger partial charge in [0, 0.05) is 66.5 Å². The van der Waals surface area contributed by atoms with Crippen molar-refractivity contribution in [3.05, 3.63) is 53.2 Å². The number of piperazine rings is 1. The van der Waals surface area contributed by atoms with Crippen LogP contribution >= 0.6 is 0 Å². The first kappa shape index (κ1) is 23.9. The largest absolute Gasteiger partial charge is 0.497 e. The summed E-state index contributed by atoms with van der Waals surface area (Å²) in [5.41, 5.74) is 4.07. The van der Waals surface area contributed by atoms with E-state index < -0.39 is 10.0 Å². The van der Waals surface area contributed by atoms with Crippen LogP contribution in [0.2, 0.25) is 0 Å². The van der Waals surface area contributed by atoms with Crippen LogP contribution in [0.4, 0.5) is 5.69 Å². The Labute approximate surface area is 207 Å². The fourth-order valence-corrected chi connectivity index (χ4v) is 7.21. The van der Waals surface area contributed by atoms with E-state index in [1.807, 2.05) is 37.3 Å². The van der Waals surface area contributed by atoms with Gasteiger partial charge in [-0.15, -0.1) is 0 Å². The van der Waals surface area contributed by atoms with E-state index in [1.54, 1.807) is 17.5 Å². The van der Waals surface area contributed by atoms with E-state index in [-0.39, 0.29) is 11.2 Å². The third-order valence-corrected chi connectivity index (χ3v) is 9.27. The van der Waals surface area contributed by atoms with Gasteiger partial charge in [0.2, 0.25) is 10.0 Å². The number of benzene rings is 2. The minimum Gasteiger partial charge on any atom is -0.497 e. The molecule has 1 N–H and O–H groups in total. The van der Waals surface area contributed by atoms with E-state index in [0.717, 1.165) is 45.6 Å². The highest BCUT2D eigenvalue weighted by Gasteiger charge is 2.35. The predicted octanol–water partition coefficient (Wildman–Crippen LogP) is 4.40. The van der Waals surface area contributed by atoms with Crippen molar-refractivity contribution in [3.63, 3.8) is 0 Å². The molecule has 0 unspecified atom stereocenters. The van der Waals surface area contributed by atoms with Gasteiger partial charge >= 0.3 is 0 Å². The molecular formula is C27H33N3O4S. The summed E-state index contributed by atoms with van der Waals surface area (Å²) in [7, 11) is -2.03. The Morgan fingerprint density at radius 3 is 2.49 bits per heavy atom. The second kappa shape index (κ2) is 8.68. The summed E-state index contributed by atoms with van der Waals surface area (Å²) in [6, 6.07) is 11.5. The molecule has 1 aromatic heterocycles. The van der Waals surface area contributed by atoms with Gasteiger partial charge in [-0.1, -0.05) is 26.8 Å². The van der Waals surface area contributed by atoms with Gasteiger partial charge in [-0.3, -0.25) is 4.79 Å². The zero-order chi connectivity index (χ0) is 25.0. The number of methoxy groups -OCH3 is 1. The Hall–Kier alpha value is -2.84. The second-order valence-corrected chi connectivity index (χ2v) is 12.3. The van der Waals surface area contributed by atoms with Gasteiger partial charge in [0.05, 0.1) is 12.0 Å². The van der Waals surface area contributed by atoms with Crippen LogP contribution in [-0.2, 0) is 22.9 Å². The lowest BCUT2D eigenvalue weighted by Gasteiger charge is -2.35. The number of nitrogens with zero attached hydrogens (tertiary/aromatic N) is 2. The fourth-order valence-electron chi connectivity index (χ4n) is 5.49. The van der Waals surface area contributed by atoms with Gasteiger partial charge in [0.15, 0.2) is 5.78 Å². The van der Waals surface area contributed by atoms with E-state index in [2.05, 4.69) is 23.7 Å². The van der Waals surface area contributed by atoms with E-state index >= 15 is 0 Å². The van der Waals surface area contributed by atoms with Gasteiger partial charge in [-0.2, -0.15) is 4.31 Å². The fraction of sp³-hybridized carbons (Fsp3) is 0.444. The summed E-state index contributed by atoms with van der Waals surface area (Å²) in [4.78, 5) is 18.8. The first-order valence-electron chi connectivity index (χ1n) is 12.2. The number of ether oxygens (including phenoxy) is 1. The highest BCUT2D eigenvalue weighted by atomic mass is 32.2. The number of anilines is 1. The summed E-state index contributed by atoms with van der Waals surface area (Å²) in [6.07, 6.45) is 1.86. The summed E-state index contributed by atoms with van der Waals surface area (Å²) in [5.74, 6) is 0.919. The van der Waals surface area contributed by atoms with Crippen molar-refractivity contribution >= 4 is 32.4 Å². The van der Waals surface area contributed by atoms with E-state index in [4.69, 9.17) is 4.74 Å². The number of carbonyl (C=O) groups is 1. The van der Waals surface area contributed by atoms with Gasteiger partial charge < -0.3 is 14.6 Å². The first-order valence-corrected chi connectivity index (χ1v) is 13.7. The minimum atomic E-state index is -3.68. The highest BCUT2D eigenvalue weighted by Crippen LogP contribution is 2.39. The lowest BCUT2D eigenvalue weighted by Crippen LogP contribution is -2.48. The molecule has 1 saturated heterocycles. The van der Waals surface area contributed by atoms with Crippen LogP contribution in [-0.4, -0.2) is 56.8 Å². The zero-order valence-corrected chi connectivity index (χ0v) is 21.7. The van der Waals surface area contributed by atoms with Gasteiger partial charge in [0.1, 0.15) is 5.75 Å². The van der Waals surface area contributed by atoms with E-state index in [1.165, 1.54) is 0 Å². The Kier molecular flexibility index (Phi) is 5.92. The first-order chi connectivity index (χ1) is 16.6. The molecule has 0 atom stereocenters. The predicted molar refractivity (Wildman–Crippen MR) is 138 cm³/mol. The number of rotatable bonds is 5. The van der Waals surface area contributed by atoms with E-state index in [9.17, 15) is 13.2 Å². The number of carbonyl (C=O) groups excluding carboxylic acids is 1. The van der Waals surface area contributed by atoms with Crippen molar-refractivity contribution in [3.8, 4) is 5.75 Å². The summed E-state index contributed by atoms with van der Waals surface area (Å²) in [5, 5.41) is 0.846. The third-order valence-electron chi connectivity index (χ3n) is 7.29. The van der Waals surface area contributed by atoms with E-state index in [0.29, 0.717) is 43.9 Å². The van der Waals surface area contributed by atoms with Crippen LogP contribution in [0.3, 0.4) is 0 Å². The topological polar surface area (TPSA) is 82.7 Å². The zero-order valence-electron chi connectivity index (χ0n) is 20.8. The average molecular weight is 496 g/mol. The molecule has 8 heteroatoms. The molecule has 7 nitrogen and oxygen atoms in total. The molecule has 0 amide bonds. The summed E-state index contributed by atoms with van der Waals surface area (Å²) < 4.78 is 34.5. The maximum Gasteiger partial charge on any atom is 0.243 e. The minimum absolute atomic E-state index is 0.101. The van der Waals surface area contributed by atoms with Crippen LogP contribution in [0, 0.1) is 5.41 Å². The quantitative estimate of drug-likeness (QED) is 0.567. The maximum absolute atomic E-state index is 13.8. The number of hydrogen-bond donors (Lipinski definition) is 1. The molecule has 0 bridgehead atoms. The number of nitrogens with one attached hydrogen (secondary N) is 1. The Morgan fingerprint density at radius 2 is 1.80 bits per heavy atom. The average Bonchev–Trinajstić information content (AvgIpc) is 3.19. The summed E-state index contributed by atoms with van der Waals surface area (Å²) >= 11 is 0. The molecule has 3 aromatic rings. The van der Waals surface area contributed by atoms with Crippen LogP contribution in [0.1, 0.15) is 48.8 Å². The van der Waals surface area contributed by atoms with Crippen molar-refractivity contribution in [2.24, 2.45) is 5.41 Å². The molecule has 186 valence electrons. The van der Waals surface area contributed by atoms with Crippen molar-refractivity contribution < 1.29 is 17.9 Å².